The van der Waals surface area contributed by atoms with Crippen LogP contribution in [0.4, 0.5) is 11.4 Å². The van der Waals surface area contributed by atoms with Gasteiger partial charge in [-0.3, -0.25) is 14.9 Å². The molecule has 0 aliphatic carbocycles. The van der Waals surface area contributed by atoms with E-state index in [0.717, 1.165) is 5.69 Å². The predicted octanol–water partition coefficient (Wildman–Crippen LogP) is 3.35. The van der Waals surface area contributed by atoms with Crippen LogP contribution in [0.1, 0.15) is 23.0 Å². The minimum Gasteiger partial charge on any atom is -0.362 e. The second kappa shape index (κ2) is 8.73. The third-order valence-corrected chi connectivity index (χ3v) is 5.58. The predicted molar refractivity (Wildman–Crippen MR) is 117 cm³/mol. The Bertz CT molecular complexity index is 1110. The number of rotatable bonds is 5. The number of anilines is 1. The van der Waals surface area contributed by atoms with Gasteiger partial charge < -0.3 is 9.80 Å². The highest BCUT2D eigenvalue weighted by molar-refractivity contribution is 6.30. The summed E-state index contributed by atoms with van der Waals surface area (Å²) in [6.07, 6.45) is 3.91. The number of aromatic nitrogens is 3. The fraction of sp³-hybridized carbons (Fsp3) is 0.286. The molecule has 1 saturated heterocycles. The SMILES string of the molecule is CCc1c(C(=O)N2CCN(c3ccc(Cl)cc3[N+](=O)[O-])CC2)cnn1-c1ccccn1. The van der Waals surface area contributed by atoms with Crippen molar-refractivity contribution in [3.8, 4) is 5.82 Å². The first-order chi connectivity index (χ1) is 15.0. The minimum atomic E-state index is -0.432. The van der Waals surface area contributed by atoms with Gasteiger partial charge in [-0.25, -0.2) is 9.67 Å². The summed E-state index contributed by atoms with van der Waals surface area (Å²) >= 11 is 5.92. The highest BCUT2D eigenvalue weighted by Gasteiger charge is 2.28. The van der Waals surface area contributed by atoms with Gasteiger partial charge in [-0.2, -0.15) is 5.10 Å². The normalized spacial score (nSPS) is 14.0. The van der Waals surface area contributed by atoms with E-state index in [1.165, 1.54) is 6.07 Å². The summed E-state index contributed by atoms with van der Waals surface area (Å²) in [6.45, 7) is 3.87. The molecule has 3 aromatic rings. The topological polar surface area (TPSA) is 97.4 Å². The number of carbonyl (C=O) groups is 1. The highest BCUT2D eigenvalue weighted by atomic mass is 35.5. The Balaban J connectivity index is 1.51. The zero-order chi connectivity index (χ0) is 22.0. The second-order valence-electron chi connectivity index (χ2n) is 7.13. The Labute approximate surface area is 184 Å². The molecule has 3 heterocycles. The van der Waals surface area contributed by atoms with E-state index in [1.54, 1.807) is 34.1 Å². The largest absolute Gasteiger partial charge is 0.362 e. The van der Waals surface area contributed by atoms with Gasteiger partial charge in [0.25, 0.3) is 11.6 Å². The Morgan fingerprint density at radius 1 is 1.19 bits per heavy atom. The molecule has 1 fully saturated rings. The van der Waals surface area contributed by atoms with Gasteiger partial charge in [0.15, 0.2) is 5.82 Å². The molecule has 0 saturated carbocycles. The van der Waals surface area contributed by atoms with Gasteiger partial charge in [0.05, 0.1) is 22.4 Å². The van der Waals surface area contributed by atoms with Crippen LogP contribution in [0.3, 0.4) is 0 Å². The number of nitro groups is 1. The van der Waals surface area contributed by atoms with Gasteiger partial charge in [0.2, 0.25) is 0 Å². The summed E-state index contributed by atoms with van der Waals surface area (Å²) in [6, 6.07) is 10.2. The molecule has 0 radical (unpaired) electrons. The van der Waals surface area contributed by atoms with Crippen molar-refractivity contribution in [3.63, 3.8) is 0 Å². The van der Waals surface area contributed by atoms with Gasteiger partial charge in [-0.1, -0.05) is 24.6 Å². The quantitative estimate of drug-likeness (QED) is 0.445. The molecule has 0 atom stereocenters. The van der Waals surface area contributed by atoms with Crippen molar-refractivity contribution in [2.75, 3.05) is 31.1 Å². The second-order valence-corrected chi connectivity index (χ2v) is 7.56. The lowest BCUT2D eigenvalue weighted by Gasteiger charge is -2.35. The molecule has 4 rings (SSSR count). The average molecular weight is 441 g/mol. The molecule has 1 aliphatic rings. The standard InChI is InChI=1S/C21H21ClN6O3/c1-2-17-16(14-24-27(17)20-5-3-4-8-23-20)21(29)26-11-9-25(10-12-26)18-7-6-15(22)13-19(18)28(30)31/h3-8,13-14H,2,9-12H2,1H3. The molecule has 1 amide bonds. The van der Waals surface area contributed by atoms with Crippen LogP contribution in [-0.2, 0) is 6.42 Å². The number of pyridine rings is 1. The number of hydrogen-bond acceptors (Lipinski definition) is 6. The maximum absolute atomic E-state index is 13.2. The molecule has 0 spiro atoms. The van der Waals surface area contributed by atoms with Crippen LogP contribution in [0.25, 0.3) is 5.82 Å². The fourth-order valence-electron chi connectivity index (χ4n) is 3.80. The molecule has 1 aliphatic heterocycles. The van der Waals surface area contributed by atoms with Crippen molar-refractivity contribution in [2.24, 2.45) is 0 Å². The molecular weight excluding hydrogens is 420 g/mol. The summed E-state index contributed by atoms with van der Waals surface area (Å²) in [4.78, 5) is 32.2. The van der Waals surface area contributed by atoms with Gasteiger partial charge in [-0.15, -0.1) is 0 Å². The molecular formula is C21H21ClN6O3. The zero-order valence-electron chi connectivity index (χ0n) is 16.9. The smallest absolute Gasteiger partial charge is 0.294 e. The molecule has 0 unspecified atom stereocenters. The van der Waals surface area contributed by atoms with Gasteiger partial charge in [0.1, 0.15) is 5.69 Å². The van der Waals surface area contributed by atoms with Crippen LogP contribution in [0.15, 0.2) is 48.8 Å². The maximum atomic E-state index is 13.2. The van der Waals surface area contributed by atoms with Crippen LogP contribution < -0.4 is 4.90 Å². The van der Waals surface area contributed by atoms with Gasteiger partial charge in [0, 0.05) is 43.5 Å². The summed E-state index contributed by atoms with van der Waals surface area (Å²) in [5, 5.41) is 16.1. The van der Waals surface area contributed by atoms with E-state index in [2.05, 4.69) is 10.1 Å². The Morgan fingerprint density at radius 2 is 1.97 bits per heavy atom. The molecule has 2 aromatic heterocycles. The van der Waals surface area contributed by atoms with Crippen molar-refractivity contribution in [1.82, 2.24) is 19.7 Å². The van der Waals surface area contributed by atoms with E-state index >= 15 is 0 Å². The van der Waals surface area contributed by atoms with E-state index in [4.69, 9.17) is 11.6 Å². The lowest BCUT2D eigenvalue weighted by Crippen LogP contribution is -2.49. The average Bonchev–Trinajstić information content (AvgIpc) is 3.23. The number of benzene rings is 1. The van der Waals surface area contributed by atoms with Crippen LogP contribution in [0.5, 0.6) is 0 Å². The summed E-state index contributed by atoms with van der Waals surface area (Å²) in [5.41, 5.74) is 1.84. The van der Waals surface area contributed by atoms with Gasteiger partial charge in [-0.05, 0) is 30.7 Å². The number of amides is 1. The number of halogens is 1. The van der Waals surface area contributed by atoms with Crippen LogP contribution in [0.2, 0.25) is 5.02 Å². The van der Waals surface area contributed by atoms with Crippen molar-refractivity contribution < 1.29 is 9.72 Å². The number of hydrogen-bond donors (Lipinski definition) is 0. The third-order valence-electron chi connectivity index (χ3n) is 5.34. The number of nitrogens with zero attached hydrogens (tertiary/aromatic N) is 6. The first kappa shape index (κ1) is 20.8. The van der Waals surface area contributed by atoms with E-state index in [0.29, 0.717) is 54.7 Å². The van der Waals surface area contributed by atoms with E-state index in [9.17, 15) is 14.9 Å². The Kier molecular flexibility index (Phi) is 5.85. The highest BCUT2D eigenvalue weighted by Crippen LogP contribution is 2.31. The molecule has 0 N–H and O–H groups in total. The maximum Gasteiger partial charge on any atom is 0.294 e. The van der Waals surface area contributed by atoms with Crippen molar-refractivity contribution in [1.29, 1.82) is 0 Å². The lowest BCUT2D eigenvalue weighted by molar-refractivity contribution is -0.384. The van der Waals surface area contributed by atoms with E-state index in [1.807, 2.05) is 30.0 Å². The lowest BCUT2D eigenvalue weighted by atomic mass is 10.1. The first-order valence-electron chi connectivity index (χ1n) is 9.96. The summed E-state index contributed by atoms with van der Waals surface area (Å²) in [7, 11) is 0. The van der Waals surface area contributed by atoms with Crippen molar-refractivity contribution in [2.45, 2.75) is 13.3 Å². The summed E-state index contributed by atoms with van der Waals surface area (Å²) < 4.78 is 1.69. The molecule has 1 aromatic carbocycles. The number of nitro benzene ring substituents is 1. The van der Waals surface area contributed by atoms with E-state index < -0.39 is 4.92 Å². The fourth-order valence-corrected chi connectivity index (χ4v) is 3.97. The first-order valence-corrected chi connectivity index (χ1v) is 10.3. The monoisotopic (exact) mass is 440 g/mol. The Morgan fingerprint density at radius 3 is 2.61 bits per heavy atom. The minimum absolute atomic E-state index is 0.0304. The van der Waals surface area contributed by atoms with Crippen molar-refractivity contribution >= 4 is 28.9 Å². The molecule has 31 heavy (non-hydrogen) atoms. The van der Waals surface area contributed by atoms with Crippen LogP contribution in [-0.4, -0.2) is 56.7 Å². The molecule has 0 bridgehead atoms. The van der Waals surface area contributed by atoms with Gasteiger partial charge >= 0.3 is 0 Å². The third kappa shape index (κ3) is 4.09. The number of carbonyl (C=O) groups excluding carboxylic acids is 1. The molecule has 10 heteroatoms. The Hall–Kier alpha value is -3.46. The molecule has 9 nitrogen and oxygen atoms in total. The van der Waals surface area contributed by atoms with Crippen molar-refractivity contribution in [3.05, 3.63) is 75.2 Å². The van der Waals surface area contributed by atoms with Crippen LogP contribution in [0, 0.1) is 10.1 Å². The summed E-state index contributed by atoms with van der Waals surface area (Å²) in [5.74, 6) is 0.572. The van der Waals surface area contributed by atoms with E-state index in [-0.39, 0.29) is 11.6 Å². The van der Waals surface area contributed by atoms with Crippen LogP contribution >= 0.6 is 11.6 Å². The molecule has 160 valence electrons. The number of piperazine rings is 1. The zero-order valence-corrected chi connectivity index (χ0v) is 17.7.